The Labute approximate surface area is 299 Å². The van der Waals surface area contributed by atoms with Crippen LogP contribution in [0.15, 0.2) is 48.8 Å². The van der Waals surface area contributed by atoms with Gasteiger partial charge >= 0.3 is 47.6 Å². The Morgan fingerprint density at radius 2 is 1.18 bits per heavy atom. The largest absolute Gasteiger partial charge is 0.494 e. The Kier molecular flexibility index (Phi) is 10.8. The van der Waals surface area contributed by atoms with E-state index < -0.39 is 76.7 Å². The van der Waals surface area contributed by atoms with E-state index in [1.165, 1.54) is 25.7 Å². The van der Waals surface area contributed by atoms with Crippen molar-refractivity contribution in [1.82, 2.24) is 15.0 Å². The Morgan fingerprint density at radius 1 is 0.636 bits per heavy atom. The summed E-state index contributed by atoms with van der Waals surface area (Å²) in [5.74, 6) is -55.9. The topological polar surface area (TPSA) is 57.1 Å². The van der Waals surface area contributed by atoms with Crippen LogP contribution in [0.25, 0.3) is 22.6 Å². The monoisotopic (exact) mass is 819 g/mol. The molecule has 0 N–H and O–H groups in total. The van der Waals surface area contributed by atoms with Gasteiger partial charge in [-0.1, -0.05) is 50.7 Å². The average molecular weight is 820 g/mol. The van der Waals surface area contributed by atoms with Gasteiger partial charge in [0.1, 0.15) is 17.2 Å². The number of alkyl halides is 17. The van der Waals surface area contributed by atoms with E-state index in [4.69, 9.17) is 4.74 Å². The summed E-state index contributed by atoms with van der Waals surface area (Å²) < 4.78 is 245. The van der Waals surface area contributed by atoms with Crippen molar-refractivity contribution in [2.24, 2.45) is 5.92 Å². The van der Waals surface area contributed by atoms with Crippen molar-refractivity contribution >= 4 is 0 Å². The lowest BCUT2D eigenvalue weighted by atomic mass is 9.88. The lowest BCUT2D eigenvalue weighted by Gasteiger charge is -2.42. The van der Waals surface area contributed by atoms with Gasteiger partial charge in [-0.3, -0.25) is 0 Å². The SMILES string of the molecule is FC1(F)c2nc(-c3ncc(-c4ccc(OCCCCCCC5CC5)cc4)cn3)ccc2OC1C(F)(F)C(F)(F)C(F)(F)C(F)(F)C(F)(F)C(F)(F)C(F)(F)F. The number of pyridine rings is 1. The number of fused-ring (bicyclic) bond motifs is 1. The molecule has 22 heteroatoms. The molecule has 1 aromatic carbocycles. The summed E-state index contributed by atoms with van der Waals surface area (Å²) in [5.41, 5.74) is -1.84. The van der Waals surface area contributed by atoms with Crippen molar-refractivity contribution in [3.8, 4) is 34.1 Å². The summed E-state index contributed by atoms with van der Waals surface area (Å²) in [6.45, 7) is 0.494. The summed E-state index contributed by atoms with van der Waals surface area (Å²) in [5, 5.41) is 0. The van der Waals surface area contributed by atoms with Gasteiger partial charge in [-0.2, -0.15) is 74.6 Å². The van der Waals surface area contributed by atoms with E-state index in [0.717, 1.165) is 37.6 Å². The van der Waals surface area contributed by atoms with Crippen LogP contribution >= 0.6 is 0 Å². The van der Waals surface area contributed by atoms with Gasteiger partial charge in [-0.25, -0.2) is 15.0 Å². The molecule has 0 radical (unpaired) electrons. The molecule has 0 spiro atoms. The first-order valence-electron chi connectivity index (χ1n) is 16.2. The minimum Gasteiger partial charge on any atom is -0.494 e. The van der Waals surface area contributed by atoms with Crippen LogP contribution in [0.2, 0.25) is 0 Å². The van der Waals surface area contributed by atoms with E-state index >= 15 is 8.78 Å². The number of ether oxygens (including phenoxy) is 2. The van der Waals surface area contributed by atoms with Crippen molar-refractivity contribution in [1.29, 1.82) is 0 Å². The molecule has 3 aromatic rings. The fraction of sp³-hybridized carbons (Fsp3) is 0.545. The fourth-order valence-corrected chi connectivity index (χ4v) is 5.51. The molecule has 2 aliphatic rings. The van der Waals surface area contributed by atoms with E-state index in [9.17, 15) is 65.9 Å². The molecule has 55 heavy (non-hydrogen) atoms. The first-order chi connectivity index (χ1) is 25.2. The summed E-state index contributed by atoms with van der Waals surface area (Å²) in [6, 6.07) is 7.59. The zero-order valence-electron chi connectivity index (χ0n) is 27.5. The maximum atomic E-state index is 15.2. The third kappa shape index (κ3) is 7.21. The van der Waals surface area contributed by atoms with E-state index in [1.54, 1.807) is 24.3 Å². The Balaban J connectivity index is 1.29. The molecule has 0 bridgehead atoms. The molecule has 1 atom stereocenters. The number of nitrogens with zero attached hydrogens (tertiary/aromatic N) is 3. The molecule has 2 aromatic heterocycles. The van der Waals surface area contributed by atoms with Gasteiger partial charge in [-0.05, 0) is 42.2 Å². The third-order valence-corrected chi connectivity index (χ3v) is 8.97. The van der Waals surface area contributed by atoms with Crippen molar-refractivity contribution in [3.05, 3.63) is 54.5 Å². The van der Waals surface area contributed by atoms with Gasteiger partial charge in [0.05, 0.1) is 6.61 Å². The summed E-state index contributed by atoms with van der Waals surface area (Å²) in [7, 11) is 0. The number of rotatable bonds is 16. The number of halogens is 17. The van der Waals surface area contributed by atoms with Crippen molar-refractivity contribution < 1.29 is 84.1 Å². The second-order valence-electron chi connectivity index (χ2n) is 13.0. The summed E-state index contributed by atoms with van der Waals surface area (Å²) in [4.78, 5) is 11.0. The smallest absolute Gasteiger partial charge is 0.460 e. The molecule has 3 heterocycles. The standard InChI is InChI=1S/C33H26F17N3O2/c34-26(35)23-22(55-25(26)27(36,37)28(38,39)29(40,41)30(42,43)31(44,45)32(46,47)33(48,49)50)13-12-21(53-23)24-51-15-19(16-52-24)18-8-10-20(11-9-18)54-14-4-2-1-3-5-17-6-7-17/h8-13,15-17,25H,1-7,14H2. The van der Waals surface area contributed by atoms with Gasteiger partial charge in [0.25, 0.3) is 0 Å². The van der Waals surface area contributed by atoms with Crippen LogP contribution in [-0.4, -0.2) is 69.4 Å². The highest BCUT2D eigenvalue weighted by Crippen LogP contribution is 2.64. The second-order valence-corrected chi connectivity index (χ2v) is 13.0. The van der Waals surface area contributed by atoms with E-state index in [-0.39, 0.29) is 0 Å². The number of unbranched alkanes of at least 4 members (excludes halogenated alkanes) is 3. The zero-order valence-corrected chi connectivity index (χ0v) is 27.5. The average Bonchev–Trinajstić information content (AvgIpc) is 3.89. The first-order valence-corrected chi connectivity index (χ1v) is 16.2. The molecule has 1 fully saturated rings. The lowest BCUT2D eigenvalue weighted by Crippen LogP contribution is -2.74. The maximum Gasteiger partial charge on any atom is 0.460 e. The van der Waals surface area contributed by atoms with E-state index in [1.807, 2.05) is 0 Å². The fourth-order valence-electron chi connectivity index (χ4n) is 5.51. The predicted octanol–water partition coefficient (Wildman–Crippen LogP) is 11.2. The van der Waals surface area contributed by atoms with Crippen LogP contribution in [-0.2, 0) is 5.92 Å². The molecule has 0 saturated heterocycles. The molecule has 0 amide bonds. The van der Waals surface area contributed by atoms with Gasteiger partial charge in [0, 0.05) is 18.0 Å². The molecule has 5 rings (SSSR count). The zero-order chi connectivity index (χ0) is 41.0. The highest BCUT2D eigenvalue weighted by Gasteiger charge is 2.94. The van der Waals surface area contributed by atoms with Crippen LogP contribution in [0, 0.1) is 5.92 Å². The van der Waals surface area contributed by atoms with Crippen molar-refractivity contribution in [2.45, 2.75) is 98.7 Å². The van der Waals surface area contributed by atoms with Crippen LogP contribution in [0.4, 0.5) is 74.6 Å². The van der Waals surface area contributed by atoms with Gasteiger partial charge < -0.3 is 9.47 Å². The molecule has 1 unspecified atom stereocenters. The third-order valence-electron chi connectivity index (χ3n) is 8.97. The van der Waals surface area contributed by atoms with Crippen LogP contribution in [0.1, 0.15) is 50.6 Å². The minimum atomic E-state index is -8.65. The van der Waals surface area contributed by atoms with Crippen molar-refractivity contribution in [3.63, 3.8) is 0 Å². The normalized spacial score (nSPS) is 18.2. The highest BCUT2D eigenvalue weighted by atomic mass is 19.4. The molecule has 5 nitrogen and oxygen atoms in total. The van der Waals surface area contributed by atoms with Crippen LogP contribution < -0.4 is 9.47 Å². The molecule has 1 aliphatic carbocycles. The Morgan fingerprint density at radius 3 is 1.75 bits per heavy atom. The van der Waals surface area contributed by atoms with Gasteiger partial charge in [0.15, 0.2) is 11.5 Å². The summed E-state index contributed by atoms with van der Waals surface area (Å²) in [6.07, 6.45) is -2.41. The van der Waals surface area contributed by atoms with E-state index in [2.05, 4.69) is 19.7 Å². The second kappa shape index (κ2) is 14.1. The number of hydrogen-bond acceptors (Lipinski definition) is 5. The highest BCUT2D eigenvalue weighted by molar-refractivity contribution is 5.64. The number of aromatic nitrogens is 3. The molecular weight excluding hydrogens is 793 g/mol. The van der Waals surface area contributed by atoms with E-state index in [0.29, 0.717) is 35.6 Å². The Hall–Kier alpha value is -4.14. The lowest BCUT2D eigenvalue weighted by molar-refractivity contribution is -0.457. The van der Waals surface area contributed by atoms with Gasteiger partial charge in [-0.15, -0.1) is 0 Å². The van der Waals surface area contributed by atoms with Crippen LogP contribution in [0.5, 0.6) is 11.5 Å². The summed E-state index contributed by atoms with van der Waals surface area (Å²) >= 11 is 0. The maximum absolute atomic E-state index is 15.2. The first kappa shape index (κ1) is 42.0. The molecule has 1 saturated carbocycles. The molecule has 304 valence electrons. The minimum absolute atomic E-state index is 0.342. The van der Waals surface area contributed by atoms with Crippen molar-refractivity contribution in [2.75, 3.05) is 6.61 Å². The number of benzene rings is 1. The quantitative estimate of drug-likeness (QED) is 0.106. The van der Waals surface area contributed by atoms with Gasteiger partial charge in [0.2, 0.25) is 6.10 Å². The molecule has 1 aliphatic heterocycles. The molecular formula is C33H26F17N3O2. The van der Waals surface area contributed by atoms with Crippen LogP contribution in [0.3, 0.4) is 0 Å². The Bertz CT molecular complexity index is 1810. The predicted molar refractivity (Wildman–Crippen MR) is 156 cm³/mol. The number of hydrogen-bond donors (Lipinski definition) is 0.